The fourth-order valence-corrected chi connectivity index (χ4v) is 3.15. The maximum Gasteiger partial charge on any atom is 0.260 e. The van der Waals surface area contributed by atoms with Crippen molar-refractivity contribution in [3.05, 3.63) is 93.7 Å². The highest BCUT2D eigenvalue weighted by molar-refractivity contribution is 6.31. The van der Waals surface area contributed by atoms with Gasteiger partial charge in [0.05, 0.1) is 11.1 Å². The van der Waals surface area contributed by atoms with Crippen LogP contribution >= 0.6 is 11.6 Å². The van der Waals surface area contributed by atoms with E-state index in [1.54, 1.807) is 42.5 Å². The molecule has 0 aliphatic carbocycles. The van der Waals surface area contributed by atoms with E-state index in [9.17, 15) is 9.90 Å². The van der Waals surface area contributed by atoms with Crippen molar-refractivity contribution in [2.24, 2.45) is 0 Å². The van der Waals surface area contributed by atoms with E-state index >= 15 is 0 Å². The number of rotatable bonds is 4. The van der Waals surface area contributed by atoms with Crippen LogP contribution in [0.5, 0.6) is 11.5 Å². The molecule has 1 heterocycles. The number of aromatic amines is 1. The van der Waals surface area contributed by atoms with Crippen LogP contribution in [-0.4, -0.2) is 10.1 Å². The lowest BCUT2D eigenvalue weighted by Gasteiger charge is -2.10. The van der Waals surface area contributed by atoms with E-state index in [0.717, 1.165) is 5.56 Å². The highest BCUT2D eigenvalue weighted by Gasteiger charge is 2.14. The molecule has 27 heavy (non-hydrogen) atoms. The Labute approximate surface area is 160 Å². The van der Waals surface area contributed by atoms with Crippen LogP contribution in [0.15, 0.2) is 77.6 Å². The fraction of sp³-hybridized carbons (Fsp3) is 0.0455. The normalized spacial score (nSPS) is 10.9. The van der Waals surface area contributed by atoms with Gasteiger partial charge in [0.2, 0.25) is 0 Å². The van der Waals surface area contributed by atoms with E-state index in [4.69, 9.17) is 16.3 Å². The molecule has 0 spiro atoms. The van der Waals surface area contributed by atoms with Gasteiger partial charge in [-0.2, -0.15) is 0 Å². The highest BCUT2D eigenvalue weighted by atomic mass is 35.5. The number of hydrogen-bond acceptors (Lipinski definition) is 3. The van der Waals surface area contributed by atoms with Gasteiger partial charge in [-0.3, -0.25) is 4.79 Å². The van der Waals surface area contributed by atoms with Gasteiger partial charge >= 0.3 is 0 Å². The third-order valence-electron chi connectivity index (χ3n) is 4.34. The minimum absolute atomic E-state index is 0.0663. The molecule has 0 saturated heterocycles. The predicted molar refractivity (Wildman–Crippen MR) is 107 cm³/mol. The molecule has 0 atom stereocenters. The van der Waals surface area contributed by atoms with Gasteiger partial charge in [0.1, 0.15) is 18.1 Å². The molecule has 4 rings (SSSR count). The summed E-state index contributed by atoms with van der Waals surface area (Å²) in [7, 11) is 0. The van der Waals surface area contributed by atoms with Crippen molar-refractivity contribution in [3.63, 3.8) is 0 Å². The molecule has 5 heteroatoms. The Morgan fingerprint density at radius 1 is 0.963 bits per heavy atom. The summed E-state index contributed by atoms with van der Waals surface area (Å²) in [6.07, 6.45) is 0. The minimum Gasteiger partial charge on any atom is -0.506 e. The number of aromatic nitrogens is 1. The Morgan fingerprint density at radius 2 is 1.70 bits per heavy atom. The van der Waals surface area contributed by atoms with E-state index in [0.29, 0.717) is 33.8 Å². The monoisotopic (exact) mass is 377 g/mol. The lowest BCUT2D eigenvalue weighted by atomic mass is 10.0. The predicted octanol–water partition coefficient (Wildman–Crippen LogP) is 5.13. The molecule has 0 bridgehead atoms. The van der Waals surface area contributed by atoms with Crippen LogP contribution in [-0.2, 0) is 6.61 Å². The van der Waals surface area contributed by atoms with Gasteiger partial charge < -0.3 is 14.8 Å². The summed E-state index contributed by atoms with van der Waals surface area (Å²) in [5.41, 5.74) is 2.03. The molecule has 0 radical (unpaired) electrons. The number of fused-ring (bicyclic) bond motifs is 1. The number of halogens is 1. The Hall–Kier alpha value is -3.24. The zero-order valence-corrected chi connectivity index (χ0v) is 15.0. The zero-order valence-electron chi connectivity index (χ0n) is 14.3. The molecule has 4 aromatic rings. The van der Waals surface area contributed by atoms with Crippen LogP contribution in [0.1, 0.15) is 5.56 Å². The van der Waals surface area contributed by atoms with Crippen molar-refractivity contribution in [3.8, 4) is 22.6 Å². The second-order valence-corrected chi connectivity index (χ2v) is 6.60. The van der Waals surface area contributed by atoms with Crippen LogP contribution in [0.2, 0.25) is 5.02 Å². The molecule has 0 aliphatic rings. The summed E-state index contributed by atoms with van der Waals surface area (Å²) < 4.78 is 5.76. The van der Waals surface area contributed by atoms with E-state index in [1.807, 2.05) is 30.3 Å². The van der Waals surface area contributed by atoms with Gasteiger partial charge in [0.15, 0.2) is 0 Å². The molecule has 2 N–H and O–H groups in total. The van der Waals surface area contributed by atoms with Crippen molar-refractivity contribution >= 4 is 22.5 Å². The number of ether oxygens (including phenoxy) is 1. The molecular formula is C22H16ClNO3. The highest BCUT2D eigenvalue weighted by Crippen LogP contribution is 2.33. The van der Waals surface area contributed by atoms with Crippen molar-refractivity contribution < 1.29 is 9.84 Å². The molecule has 0 saturated carbocycles. The lowest BCUT2D eigenvalue weighted by molar-refractivity contribution is 0.306. The number of hydrogen-bond donors (Lipinski definition) is 2. The van der Waals surface area contributed by atoms with Crippen molar-refractivity contribution in [2.45, 2.75) is 6.61 Å². The summed E-state index contributed by atoms with van der Waals surface area (Å²) in [6.45, 7) is 0.461. The first-order valence-corrected chi connectivity index (χ1v) is 8.81. The SMILES string of the molecule is O=c1[nH]c2cc(Cl)ccc2c(O)c1-c1ccc(OCc2ccccc2)cc1. The number of benzene rings is 3. The van der Waals surface area contributed by atoms with Crippen LogP contribution in [0.3, 0.4) is 0 Å². The first-order chi connectivity index (χ1) is 13.1. The van der Waals surface area contributed by atoms with E-state index in [2.05, 4.69) is 4.98 Å². The Kier molecular flexibility index (Phi) is 4.57. The first-order valence-electron chi connectivity index (χ1n) is 8.43. The molecule has 0 unspecified atom stereocenters. The second-order valence-electron chi connectivity index (χ2n) is 6.17. The van der Waals surface area contributed by atoms with Crippen LogP contribution in [0.4, 0.5) is 0 Å². The molecule has 0 aliphatic heterocycles. The van der Waals surface area contributed by atoms with E-state index < -0.39 is 0 Å². The first kappa shape index (κ1) is 17.2. The third kappa shape index (κ3) is 3.52. The molecular weight excluding hydrogens is 362 g/mol. The fourth-order valence-electron chi connectivity index (χ4n) is 2.98. The maximum atomic E-state index is 12.5. The van der Waals surface area contributed by atoms with Crippen molar-refractivity contribution in [1.29, 1.82) is 0 Å². The Bertz CT molecular complexity index is 1150. The van der Waals surface area contributed by atoms with Gasteiger partial charge in [0, 0.05) is 10.4 Å². The summed E-state index contributed by atoms with van der Waals surface area (Å²) in [5, 5.41) is 11.6. The number of nitrogens with one attached hydrogen (secondary N) is 1. The van der Waals surface area contributed by atoms with Gasteiger partial charge in [-0.1, -0.05) is 54.1 Å². The quantitative estimate of drug-likeness (QED) is 0.518. The second kappa shape index (κ2) is 7.17. The molecule has 3 aromatic carbocycles. The average Bonchev–Trinajstić information content (AvgIpc) is 2.68. The summed E-state index contributed by atoms with van der Waals surface area (Å²) in [6, 6.07) is 21.9. The maximum absolute atomic E-state index is 12.5. The van der Waals surface area contributed by atoms with Crippen LogP contribution < -0.4 is 10.3 Å². The van der Waals surface area contributed by atoms with Crippen molar-refractivity contribution in [2.75, 3.05) is 0 Å². The van der Waals surface area contributed by atoms with Gasteiger partial charge in [-0.25, -0.2) is 0 Å². The number of H-pyrrole nitrogens is 1. The van der Waals surface area contributed by atoms with Gasteiger partial charge in [-0.15, -0.1) is 0 Å². The van der Waals surface area contributed by atoms with E-state index in [1.165, 1.54) is 0 Å². The van der Waals surface area contributed by atoms with E-state index in [-0.39, 0.29) is 16.9 Å². The zero-order chi connectivity index (χ0) is 18.8. The summed E-state index contributed by atoms with van der Waals surface area (Å²) >= 11 is 5.95. The smallest absolute Gasteiger partial charge is 0.260 e. The lowest BCUT2D eigenvalue weighted by Crippen LogP contribution is -2.09. The molecule has 4 nitrogen and oxygen atoms in total. The summed E-state index contributed by atoms with van der Waals surface area (Å²) in [4.78, 5) is 15.2. The average molecular weight is 378 g/mol. The standard InChI is InChI=1S/C22H16ClNO3/c23-16-8-11-18-19(12-16)24-22(26)20(21(18)25)15-6-9-17(10-7-15)27-13-14-4-2-1-3-5-14/h1-12H,13H2,(H2,24,25,26). The topological polar surface area (TPSA) is 62.3 Å². The molecule has 0 amide bonds. The Morgan fingerprint density at radius 3 is 2.44 bits per heavy atom. The number of aromatic hydroxyl groups is 1. The minimum atomic E-state index is -0.375. The summed E-state index contributed by atoms with van der Waals surface area (Å²) in [5.74, 6) is 0.620. The molecule has 0 fully saturated rings. The van der Waals surface area contributed by atoms with Crippen LogP contribution in [0.25, 0.3) is 22.0 Å². The molecule has 1 aromatic heterocycles. The van der Waals surface area contributed by atoms with Gasteiger partial charge in [-0.05, 0) is 41.5 Å². The molecule has 134 valence electrons. The number of pyridine rings is 1. The largest absolute Gasteiger partial charge is 0.506 e. The van der Waals surface area contributed by atoms with Crippen molar-refractivity contribution in [1.82, 2.24) is 4.98 Å². The Balaban J connectivity index is 1.64. The van der Waals surface area contributed by atoms with Gasteiger partial charge in [0.25, 0.3) is 5.56 Å². The third-order valence-corrected chi connectivity index (χ3v) is 4.58. The van der Waals surface area contributed by atoms with Crippen LogP contribution in [0, 0.1) is 0 Å².